The Hall–Kier alpha value is -0.840. The molecule has 1 aliphatic heterocycles. The van der Waals surface area contributed by atoms with E-state index in [-0.39, 0.29) is 34.9 Å². The molecule has 0 bridgehead atoms. The number of piperidine rings is 1. The van der Waals surface area contributed by atoms with Gasteiger partial charge in [-0.25, -0.2) is 4.39 Å². The first-order chi connectivity index (χ1) is 8.08. The Morgan fingerprint density at radius 2 is 2.00 bits per heavy atom. The van der Waals surface area contributed by atoms with Crippen LogP contribution in [0.15, 0.2) is 18.2 Å². The van der Waals surface area contributed by atoms with E-state index in [2.05, 4.69) is 0 Å². The van der Waals surface area contributed by atoms with Crippen LogP contribution in [0.4, 0.5) is 4.39 Å². The van der Waals surface area contributed by atoms with Crippen LogP contribution in [0.5, 0.6) is 0 Å². The fraction of sp³-hybridized carbons (Fsp3) is 0.417. The van der Waals surface area contributed by atoms with E-state index < -0.39 is 5.82 Å². The summed E-state index contributed by atoms with van der Waals surface area (Å²) in [6, 6.07) is 3.98. The number of carbonyl (C=O) groups is 1. The predicted octanol–water partition coefficient (Wildman–Crippen LogP) is 2.46. The molecule has 0 radical (unpaired) electrons. The summed E-state index contributed by atoms with van der Waals surface area (Å²) < 4.78 is 13.1. The highest BCUT2D eigenvalue weighted by molar-refractivity contribution is 6.33. The Bertz CT molecular complexity index is 434. The first kappa shape index (κ1) is 15.2. The summed E-state index contributed by atoms with van der Waals surface area (Å²) in [6.45, 7) is 1.21. The molecule has 1 fully saturated rings. The smallest absolute Gasteiger partial charge is 0.255 e. The molecule has 6 heteroatoms. The topological polar surface area (TPSA) is 46.3 Å². The van der Waals surface area contributed by atoms with Gasteiger partial charge in [-0.3, -0.25) is 4.79 Å². The molecule has 0 atom stereocenters. The van der Waals surface area contributed by atoms with E-state index in [4.69, 9.17) is 17.3 Å². The number of nitrogens with zero attached hydrogens (tertiary/aromatic N) is 1. The molecule has 1 aliphatic rings. The molecule has 100 valence electrons. The fourth-order valence-corrected chi connectivity index (χ4v) is 2.13. The molecule has 2 N–H and O–H groups in total. The summed E-state index contributed by atoms with van der Waals surface area (Å²) >= 11 is 5.90. The largest absolute Gasteiger partial charge is 0.338 e. The van der Waals surface area contributed by atoms with Crippen LogP contribution in [0.1, 0.15) is 23.2 Å². The number of nitrogens with two attached hydrogens (primary N) is 1. The molecule has 0 aliphatic carbocycles. The Morgan fingerprint density at radius 1 is 1.39 bits per heavy atom. The van der Waals surface area contributed by atoms with Gasteiger partial charge in [-0.2, -0.15) is 0 Å². The van der Waals surface area contributed by atoms with Crippen LogP contribution in [0.25, 0.3) is 0 Å². The molecule has 0 saturated carbocycles. The molecular weight excluding hydrogens is 278 g/mol. The molecule has 1 heterocycles. The fourth-order valence-electron chi connectivity index (χ4n) is 1.93. The van der Waals surface area contributed by atoms with Crippen molar-refractivity contribution in [2.75, 3.05) is 13.1 Å². The van der Waals surface area contributed by atoms with Gasteiger partial charge in [0.05, 0.1) is 10.6 Å². The number of hydrogen-bond acceptors (Lipinski definition) is 2. The Balaban J connectivity index is 0.00000162. The molecule has 18 heavy (non-hydrogen) atoms. The lowest BCUT2D eigenvalue weighted by molar-refractivity contribution is 0.0714. The maximum absolute atomic E-state index is 13.1. The zero-order chi connectivity index (χ0) is 12.4. The van der Waals surface area contributed by atoms with Gasteiger partial charge >= 0.3 is 0 Å². The highest BCUT2D eigenvalue weighted by atomic mass is 35.5. The van der Waals surface area contributed by atoms with E-state index in [0.717, 1.165) is 12.8 Å². The summed E-state index contributed by atoms with van der Waals surface area (Å²) in [4.78, 5) is 13.8. The van der Waals surface area contributed by atoms with Crippen LogP contribution >= 0.6 is 24.0 Å². The van der Waals surface area contributed by atoms with Gasteiger partial charge in [-0.15, -0.1) is 12.4 Å². The minimum atomic E-state index is -0.452. The summed E-state index contributed by atoms with van der Waals surface area (Å²) in [5.41, 5.74) is 5.99. The number of halogens is 3. The average molecular weight is 293 g/mol. The van der Waals surface area contributed by atoms with Gasteiger partial charge < -0.3 is 10.6 Å². The molecule has 1 aromatic rings. The van der Waals surface area contributed by atoms with Crippen molar-refractivity contribution in [1.82, 2.24) is 4.90 Å². The van der Waals surface area contributed by atoms with Crippen molar-refractivity contribution in [3.05, 3.63) is 34.6 Å². The van der Waals surface area contributed by atoms with Crippen molar-refractivity contribution in [2.24, 2.45) is 5.73 Å². The third-order valence-corrected chi connectivity index (χ3v) is 3.32. The summed E-state index contributed by atoms with van der Waals surface area (Å²) in [5.74, 6) is -0.673. The van der Waals surface area contributed by atoms with Gasteiger partial charge in [0, 0.05) is 19.1 Å². The summed E-state index contributed by atoms with van der Waals surface area (Å²) in [7, 11) is 0. The van der Waals surface area contributed by atoms with E-state index in [1.54, 1.807) is 4.90 Å². The summed E-state index contributed by atoms with van der Waals surface area (Å²) in [6.07, 6.45) is 1.55. The third-order valence-electron chi connectivity index (χ3n) is 2.99. The number of carbonyl (C=O) groups excluding carboxylic acids is 1. The first-order valence-corrected chi connectivity index (χ1v) is 5.95. The molecule has 1 amide bonds. The lowest BCUT2D eigenvalue weighted by Crippen LogP contribution is -2.42. The standard InChI is InChI=1S/C12H14ClFN2O.ClH/c13-11-2-1-8(14)7-10(11)12(17)16-5-3-9(15)4-6-16;/h1-2,7,9H,3-6,15H2;1H. The van der Waals surface area contributed by atoms with E-state index in [9.17, 15) is 9.18 Å². The van der Waals surface area contributed by atoms with E-state index in [1.165, 1.54) is 18.2 Å². The first-order valence-electron chi connectivity index (χ1n) is 5.58. The SMILES string of the molecule is Cl.NC1CCN(C(=O)c2cc(F)ccc2Cl)CC1. The van der Waals surface area contributed by atoms with Crippen LogP contribution in [-0.4, -0.2) is 29.9 Å². The van der Waals surface area contributed by atoms with Gasteiger partial charge in [0.2, 0.25) is 0 Å². The lowest BCUT2D eigenvalue weighted by atomic mass is 10.0. The van der Waals surface area contributed by atoms with Crippen molar-refractivity contribution in [1.29, 1.82) is 0 Å². The van der Waals surface area contributed by atoms with Crippen LogP contribution < -0.4 is 5.73 Å². The van der Waals surface area contributed by atoms with Crippen molar-refractivity contribution in [2.45, 2.75) is 18.9 Å². The van der Waals surface area contributed by atoms with Crippen molar-refractivity contribution in [3.63, 3.8) is 0 Å². The maximum atomic E-state index is 13.1. The Labute approximate surface area is 116 Å². The molecule has 3 nitrogen and oxygen atoms in total. The highest BCUT2D eigenvalue weighted by Crippen LogP contribution is 2.20. The number of rotatable bonds is 1. The molecule has 0 unspecified atom stereocenters. The monoisotopic (exact) mass is 292 g/mol. The minimum Gasteiger partial charge on any atom is -0.338 e. The van der Waals surface area contributed by atoms with Crippen LogP contribution in [0.3, 0.4) is 0 Å². The van der Waals surface area contributed by atoms with Crippen LogP contribution in [0, 0.1) is 5.82 Å². The second-order valence-corrected chi connectivity index (χ2v) is 4.66. The molecule has 1 saturated heterocycles. The van der Waals surface area contributed by atoms with Crippen molar-refractivity contribution < 1.29 is 9.18 Å². The average Bonchev–Trinajstić information content (AvgIpc) is 2.32. The zero-order valence-electron chi connectivity index (χ0n) is 9.73. The summed E-state index contributed by atoms with van der Waals surface area (Å²) in [5, 5.41) is 0.284. The van der Waals surface area contributed by atoms with E-state index in [0.29, 0.717) is 13.1 Å². The van der Waals surface area contributed by atoms with Gasteiger partial charge in [-0.05, 0) is 31.0 Å². The van der Waals surface area contributed by atoms with Gasteiger partial charge in [0.1, 0.15) is 5.82 Å². The molecule has 2 rings (SSSR count). The number of amides is 1. The van der Waals surface area contributed by atoms with Gasteiger partial charge in [-0.1, -0.05) is 11.6 Å². The number of hydrogen-bond donors (Lipinski definition) is 1. The Morgan fingerprint density at radius 3 is 2.61 bits per heavy atom. The number of benzene rings is 1. The molecule has 0 aromatic heterocycles. The van der Waals surface area contributed by atoms with Crippen molar-refractivity contribution >= 4 is 29.9 Å². The van der Waals surface area contributed by atoms with E-state index >= 15 is 0 Å². The second kappa shape index (κ2) is 6.36. The lowest BCUT2D eigenvalue weighted by Gasteiger charge is -2.30. The van der Waals surface area contributed by atoms with Crippen LogP contribution in [0.2, 0.25) is 5.02 Å². The maximum Gasteiger partial charge on any atom is 0.255 e. The number of likely N-dealkylation sites (tertiary alicyclic amines) is 1. The third kappa shape index (κ3) is 3.34. The van der Waals surface area contributed by atoms with Crippen LogP contribution in [-0.2, 0) is 0 Å². The van der Waals surface area contributed by atoms with E-state index in [1.807, 2.05) is 0 Å². The Kier molecular flexibility index (Phi) is 5.38. The predicted molar refractivity (Wildman–Crippen MR) is 71.8 cm³/mol. The minimum absolute atomic E-state index is 0. The highest BCUT2D eigenvalue weighted by Gasteiger charge is 2.23. The second-order valence-electron chi connectivity index (χ2n) is 4.25. The normalized spacial score (nSPS) is 16.3. The van der Waals surface area contributed by atoms with Gasteiger partial charge in [0.25, 0.3) is 5.91 Å². The zero-order valence-corrected chi connectivity index (χ0v) is 11.3. The van der Waals surface area contributed by atoms with Gasteiger partial charge in [0.15, 0.2) is 0 Å². The quantitative estimate of drug-likeness (QED) is 0.864. The molecule has 1 aromatic carbocycles. The molecular formula is C12H15Cl2FN2O. The molecule has 0 spiro atoms. The van der Waals surface area contributed by atoms with Crippen molar-refractivity contribution in [3.8, 4) is 0 Å².